The number of hydrogen-bond acceptors (Lipinski definition) is 7. The highest BCUT2D eigenvalue weighted by molar-refractivity contribution is 8.01. The molecule has 27 heavy (non-hydrogen) atoms. The maximum absolute atomic E-state index is 13.1. The first kappa shape index (κ1) is 19.8. The van der Waals surface area contributed by atoms with E-state index >= 15 is 0 Å². The van der Waals surface area contributed by atoms with Crippen molar-refractivity contribution in [2.75, 3.05) is 13.2 Å². The average molecular weight is 394 g/mol. The summed E-state index contributed by atoms with van der Waals surface area (Å²) in [6.45, 7) is 4.25. The Morgan fingerprint density at radius 3 is 2.59 bits per heavy atom. The monoisotopic (exact) mass is 394 g/mol. The van der Waals surface area contributed by atoms with Gasteiger partial charge in [0.2, 0.25) is 0 Å². The summed E-state index contributed by atoms with van der Waals surface area (Å²) in [7, 11) is 0. The number of fused-ring (bicyclic) bond motifs is 5. The summed E-state index contributed by atoms with van der Waals surface area (Å²) in [6, 6.07) is 9.05. The van der Waals surface area contributed by atoms with Crippen LogP contribution in [-0.2, 0) is 14.3 Å². The highest BCUT2D eigenvalue weighted by atomic mass is 32.2. The molecule has 4 rings (SSSR count). The first-order valence-corrected chi connectivity index (χ1v) is 9.22. The third-order valence-electron chi connectivity index (χ3n) is 4.79. The molecular formula is C18H22N2O6S. The Kier molecular flexibility index (Phi) is 5.08. The number of carbonyl (C=O) groups excluding carboxylic acids is 2. The van der Waals surface area contributed by atoms with Gasteiger partial charge in [0, 0.05) is 4.90 Å². The van der Waals surface area contributed by atoms with Crippen LogP contribution >= 0.6 is 11.8 Å². The van der Waals surface area contributed by atoms with E-state index in [1.807, 2.05) is 18.2 Å². The van der Waals surface area contributed by atoms with Crippen molar-refractivity contribution in [3.63, 3.8) is 0 Å². The van der Waals surface area contributed by atoms with Gasteiger partial charge in [-0.2, -0.15) is 0 Å². The quantitative estimate of drug-likeness (QED) is 0.426. The Balaban J connectivity index is 2.02. The molecule has 2 amide bonds. The Morgan fingerprint density at radius 2 is 1.96 bits per heavy atom. The van der Waals surface area contributed by atoms with Gasteiger partial charge in [-0.1, -0.05) is 36.5 Å². The van der Waals surface area contributed by atoms with Crippen molar-refractivity contribution < 1.29 is 29.6 Å². The number of piperazine rings is 1. The molecule has 1 aromatic rings. The molecule has 1 aromatic carbocycles. The molecule has 146 valence electrons. The molecule has 5 N–H and O–H groups in total. The Hall–Kier alpha value is -1.91. The second kappa shape index (κ2) is 6.92. The van der Waals surface area contributed by atoms with Gasteiger partial charge in [0.05, 0.1) is 13.2 Å². The normalized spacial score (nSPS) is 31.3. The molecule has 0 unspecified atom stereocenters. The van der Waals surface area contributed by atoms with Crippen molar-refractivity contribution >= 4 is 23.6 Å². The molecule has 0 aliphatic carbocycles. The molecule has 3 saturated heterocycles. The van der Waals surface area contributed by atoms with Crippen LogP contribution in [0.5, 0.6) is 0 Å². The fraction of sp³-hybridized carbons (Fsp3) is 0.444. The number of amides is 2. The van der Waals surface area contributed by atoms with E-state index in [9.17, 15) is 24.9 Å². The van der Waals surface area contributed by atoms with Gasteiger partial charge < -0.3 is 30.7 Å². The molecule has 0 aromatic heterocycles. The summed E-state index contributed by atoms with van der Waals surface area (Å²) in [5, 5.41) is 35.2. The lowest BCUT2D eigenvalue weighted by molar-refractivity contribution is -0.221. The summed E-state index contributed by atoms with van der Waals surface area (Å²) in [5.74, 6) is -1.46. The summed E-state index contributed by atoms with van der Waals surface area (Å²) >= 11 is 1.12. The zero-order valence-electron chi connectivity index (χ0n) is 14.8. The first-order valence-electron chi connectivity index (χ1n) is 8.41. The number of ether oxygens (including phenoxy) is 1. The van der Waals surface area contributed by atoms with Crippen LogP contribution in [0.3, 0.4) is 0 Å². The lowest BCUT2D eigenvalue weighted by atomic mass is 9.86. The predicted octanol–water partition coefficient (Wildman–Crippen LogP) is -0.502. The summed E-state index contributed by atoms with van der Waals surface area (Å²) in [4.78, 5) is 25.3. The van der Waals surface area contributed by atoms with Crippen LogP contribution in [-0.4, -0.2) is 62.6 Å². The number of carbonyl (C=O) groups is 2. The molecule has 3 aliphatic rings. The second-order valence-electron chi connectivity index (χ2n) is 6.86. The number of nitrogens with one attached hydrogen (secondary N) is 2. The van der Waals surface area contributed by atoms with E-state index in [0.29, 0.717) is 5.57 Å². The molecule has 3 aliphatic heterocycles. The fourth-order valence-electron chi connectivity index (χ4n) is 3.09. The van der Waals surface area contributed by atoms with E-state index in [-0.39, 0.29) is 13.0 Å². The first-order chi connectivity index (χ1) is 12.7. The van der Waals surface area contributed by atoms with Crippen molar-refractivity contribution in [3.05, 3.63) is 42.5 Å². The molecule has 3 heterocycles. The van der Waals surface area contributed by atoms with Crippen molar-refractivity contribution in [3.8, 4) is 0 Å². The smallest absolute Gasteiger partial charge is 0.278 e. The lowest BCUT2D eigenvalue weighted by Gasteiger charge is -2.51. The maximum atomic E-state index is 13.1. The molecule has 0 radical (unpaired) electrons. The van der Waals surface area contributed by atoms with Crippen molar-refractivity contribution in [1.82, 2.24) is 10.6 Å². The molecule has 0 saturated carbocycles. The number of hydrogen-bond donors (Lipinski definition) is 5. The maximum Gasteiger partial charge on any atom is 0.278 e. The van der Waals surface area contributed by atoms with E-state index in [1.165, 1.54) is 0 Å². The minimum Gasteiger partial charge on any atom is -0.393 e. The van der Waals surface area contributed by atoms with E-state index in [0.717, 1.165) is 23.6 Å². The minimum atomic E-state index is -2.22. The van der Waals surface area contributed by atoms with E-state index in [4.69, 9.17) is 4.74 Å². The van der Waals surface area contributed by atoms with Crippen LogP contribution in [0, 0.1) is 0 Å². The number of aliphatic hydroxyl groups excluding tert-OH is 2. The van der Waals surface area contributed by atoms with Crippen molar-refractivity contribution in [2.45, 2.75) is 40.5 Å². The van der Waals surface area contributed by atoms with Crippen LogP contribution in [0.4, 0.5) is 0 Å². The van der Waals surface area contributed by atoms with Crippen LogP contribution in [0.2, 0.25) is 0 Å². The molecule has 0 spiro atoms. The van der Waals surface area contributed by atoms with Gasteiger partial charge in [0.15, 0.2) is 4.87 Å². The van der Waals surface area contributed by atoms with Crippen LogP contribution in [0.1, 0.15) is 13.3 Å². The zero-order valence-corrected chi connectivity index (χ0v) is 15.6. The summed E-state index contributed by atoms with van der Waals surface area (Å²) in [6.07, 6.45) is -1.64. The third-order valence-corrected chi connectivity index (χ3v) is 6.18. The third kappa shape index (κ3) is 3.15. The van der Waals surface area contributed by atoms with Gasteiger partial charge in [-0.15, -0.1) is 0 Å². The van der Waals surface area contributed by atoms with Gasteiger partial charge in [-0.25, -0.2) is 0 Å². The lowest BCUT2D eigenvalue weighted by Crippen LogP contribution is -2.81. The highest BCUT2D eigenvalue weighted by Crippen LogP contribution is 2.43. The van der Waals surface area contributed by atoms with Crippen molar-refractivity contribution in [2.24, 2.45) is 0 Å². The number of rotatable bonds is 5. The Bertz CT molecular complexity index is 770. The Morgan fingerprint density at radius 1 is 1.30 bits per heavy atom. The highest BCUT2D eigenvalue weighted by Gasteiger charge is 2.63. The van der Waals surface area contributed by atoms with E-state index in [1.54, 1.807) is 12.1 Å². The second-order valence-corrected chi connectivity index (χ2v) is 8.15. The molecular weight excluding hydrogens is 372 g/mol. The standard InChI is InChI=1S/C18H22N2O6S/c1-11-8-9-26-17(13(22)16(2,25)10-21)14(23)20-18(11,15(24)19-17)27-12-6-4-3-5-7-12/h3-7,13,21-22,25H,1,8-10H2,2H3,(H,19,24)(H,20,23)/t13-,16-,17-,18+/m0/s1. The fourth-order valence-corrected chi connectivity index (χ4v) is 4.27. The number of thioether (sulfide) groups is 1. The zero-order chi connectivity index (χ0) is 19.9. The summed E-state index contributed by atoms with van der Waals surface area (Å²) < 4.78 is 5.52. The SMILES string of the molecule is C=C1CCO[C@]2([C@@H](O)[C@@](C)(O)CO)NC(=O)[C@@]1(Sc1ccccc1)NC2=O. The van der Waals surface area contributed by atoms with Gasteiger partial charge in [-0.3, -0.25) is 9.59 Å². The van der Waals surface area contributed by atoms with Crippen molar-refractivity contribution in [1.29, 1.82) is 0 Å². The largest absolute Gasteiger partial charge is 0.393 e. The van der Waals surface area contributed by atoms with E-state index in [2.05, 4.69) is 17.2 Å². The van der Waals surface area contributed by atoms with Gasteiger partial charge in [-0.05, 0) is 31.1 Å². The average Bonchev–Trinajstić information content (AvgIpc) is 2.64. The predicted molar refractivity (Wildman–Crippen MR) is 97.5 cm³/mol. The Labute approximate surface area is 160 Å². The molecule has 8 nitrogen and oxygen atoms in total. The van der Waals surface area contributed by atoms with Crippen LogP contribution in [0.15, 0.2) is 47.4 Å². The minimum absolute atomic E-state index is 0.0117. The van der Waals surface area contributed by atoms with Gasteiger partial charge in [0.25, 0.3) is 17.5 Å². The van der Waals surface area contributed by atoms with Gasteiger partial charge in [0.1, 0.15) is 11.7 Å². The number of benzene rings is 1. The van der Waals surface area contributed by atoms with Crippen LogP contribution < -0.4 is 10.6 Å². The molecule has 9 heteroatoms. The molecule has 4 atom stereocenters. The van der Waals surface area contributed by atoms with Crippen LogP contribution in [0.25, 0.3) is 0 Å². The van der Waals surface area contributed by atoms with E-state index < -0.39 is 40.7 Å². The topological polar surface area (TPSA) is 128 Å². The van der Waals surface area contributed by atoms with Gasteiger partial charge >= 0.3 is 0 Å². The summed E-state index contributed by atoms with van der Waals surface area (Å²) in [5.41, 5.74) is -3.85. The number of aliphatic hydroxyl groups is 3. The molecule has 3 fully saturated rings. The molecule has 2 bridgehead atoms.